The molecule has 0 saturated carbocycles. The summed E-state index contributed by atoms with van der Waals surface area (Å²) in [5.74, 6) is 0.862. The number of aromatic nitrogens is 1. The SMILES string of the molecule is CCOc1cc(C(=O)Nc2ccc(-c3nccs3)cc2)cc(Br)c1OC. The second kappa shape index (κ2) is 8.33. The van der Waals surface area contributed by atoms with Crippen molar-refractivity contribution in [1.82, 2.24) is 4.98 Å². The van der Waals surface area contributed by atoms with Crippen LogP contribution < -0.4 is 14.8 Å². The monoisotopic (exact) mass is 432 g/mol. The van der Waals surface area contributed by atoms with Crippen molar-refractivity contribution in [3.8, 4) is 22.1 Å². The van der Waals surface area contributed by atoms with E-state index in [4.69, 9.17) is 9.47 Å². The zero-order chi connectivity index (χ0) is 18.5. The fourth-order valence-electron chi connectivity index (χ4n) is 2.43. The average molecular weight is 433 g/mol. The van der Waals surface area contributed by atoms with Gasteiger partial charge < -0.3 is 14.8 Å². The number of benzene rings is 2. The van der Waals surface area contributed by atoms with E-state index >= 15 is 0 Å². The molecule has 0 aliphatic heterocycles. The van der Waals surface area contributed by atoms with Gasteiger partial charge in [0.15, 0.2) is 11.5 Å². The van der Waals surface area contributed by atoms with Crippen molar-refractivity contribution in [2.75, 3.05) is 19.0 Å². The fraction of sp³-hybridized carbons (Fsp3) is 0.158. The van der Waals surface area contributed by atoms with Crippen LogP contribution in [-0.4, -0.2) is 24.6 Å². The summed E-state index contributed by atoms with van der Waals surface area (Å²) in [5, 5.41) is 5.77. The minimum atomic E-state index is -0.226. The Hall–Kier alpha value is -2.38. The molecule has 26 heavy (non-hydrogen) atoms. The van der Waals surface area contributed by atoms with Gasteiger partial charge >= 0.3 is 0 Å². The second-order valence-corrected chi connectivity index (χ2v) is 7.04. The number of hydrogen-bond donors (Lipinski definition) is 1. The fourth-order valence-corrected chi connectivity index (χ4v) is 3.67. The Morgan fingerprint density at radius 3 is 2.65 bits per heavy atom. The van der Waals surface area contributed by atoms with Gasteiger partial charge in [-0.2, -0.15) is 0 Å². The van der Waals surface area contributed by atoms with Crippen LogP contribution in [0.2, 0.25) is 0 Å². The summed E-state index contributed by atoms with van der Waals surface area (Å²) in [6.07, 6.45) is 1.77. The summed E-state index contributed by atoms with van der Waals surface area (Å²) in [6.45, 7) is 2.36. The largest absolute Gasteiger partial charge is 0.492 e. The zero-order valence-corrected chi connectivity index (χ0v) is 16.7. The summed E-state index contributed by atoms with van der Waals surface area (Å²) >= 11 is 5.00. The van der Waals surface area contributed by atoms with Crippen molar-refractivity contribution in [3.05, 3.63) is 58.0 Å². The Morgan fingerprint density at radius 2 is 2.04 bits per heavy atom. The summed E-state index contributed by atoms with van der Waals surface area (Å²) in [5.41, 5.74) is 2.20. The predicted molar refractivity (Wildman–Crippen MR) is 107 cm³/mol. The summed E-state index contributed by atoms with van der Waals surface area (Å²) < 4.78 is 11.5. The molecule has 1 amide bonds. The van der Waals surface area contributed by atoms with Crippen LogP contribution in [0, 0.1) is 0 Å². The predicted octanol–water partition coefficient (Wildman–Crippen LogP) is 5.23. The van der Waals surface area contributed by atoms with Crippen molar-refractivity contribution in [1.29, 1.82) is 0 Å². The molecule has 0 fully saturated rings. The van der Waals surface area contributed by atoms with E-state index in [-0.39, 0.29) is 5.91 Å². The first-order chi connectivity index (χ1) is 12.6. The van der Waals surface area contributed by atoms with Crippen LogP contribution in [0.5, 0.6) is 11.5 Å². The molecule has 0 radical (unpaired) electrons. The third-order valence-corrected chi connectivity index (χ3v) is 5.01. The van der Waals surface area contributed by atoms with Crippen LogP contribution in [0.25, 0.3) is 10.6 Å². The van der Waals surface area contributed by atoms with E-state index in [1.807, 2.05) is 36.6 Å². The molecule has 0 spiro atoms. The molecule has 7 heteroatoms. The normalized spacial score (nSPS) is 10.4. The lowest BCUT2D eigenvalue weighted by atomic mass is 10.1. The molecule has 0 aliphatic rings. The smallest absolute Gasteiger partial charge is 0.255 e. The van der Waals surface area contributed by atoms with Gasteiger partial charge in [0.1, 0.15) is 5.01 Å². The third-order valence-electron chi connectivity index (χ3n) is 3.60. The van der Waals surface area contributed by atoms with Crippen molar-refractivity contribution in [3.63, 3.8) is 0 Å². The molecule has 2 aromatic carbocycles. The van der Waals surface area contributed by atoms with E-state index in [1.54, 1.807) is 36.8 Å². The molecule has 134 valence electrons. The lowest BCUT2D eigenvalue weighted by Crippen LogP contribution is -2.12. The highest BCUT2D eigenvalue weighted by molar-refractivity contribution is 9.10. The second-order valence-electron chi connectivity index (χ2n) is 5.29. The van der Waals surface area contributed by atoms with E-state index in [0.29, 0.717) is 33.8 Å². The molecule has 1 aromatic heterocycles. The van der Waals surface area contributed by atoms with E-state index in [2.05, 4.69) is 26.2 Å². The molecule has 1 heterocycles. The number of carbonyl (C=O) groups is 1. The van der Waals surface area contributed by atoms with Crippen molar-refractivity contribution < 1.29 is 14.3 Å². The Kier molecular flexibility index (Phi) is 5.90. The van der Waals surface area contributed by atoms with Crippen LogP contribution in [0.4, 0.5) is 5.69 Å². The van der Waals surface area contributed by atoms with Crippen LogP contribution in [0.15, 0.2) is 52.4 Å². The third kappa shape index (κ3) is 4.05. The maximum atomic E-state index is 12.6. The van der Waals surface area contributed by atoms with Gasteiger partial charge in [0.25, 0.3) is 5.91 Å². The Bertz CT molecular complexity index is 896. The Morgan fingerprint density at radius 1 is 1.27 bits per heavy atom. The van der Waals surface area contributed by atoms with Gasteiger partial charge in [-0.25, -0.2) is 4.98 Å². The highest BCUT2D eigenvalue weighted by atomic mass is 79.9. The van der Waals surface area contributed by atoms with Gasteiger partial charge in [-0.3, -0.25) is 4.79 Å². The molecular formula is C19H17BrN2O3S. The molecule has 0 aliphatic carbocycles. The number of methoxy groups -OCH3 is 1. The highest BCUT2D eigenvalue weighted by Crippen LogP contribution is 2.36. The molecule has 0 unspecified atom stereocenters. The van der Waals surface area contributed by atoms with E-state index < -0.39 is 0 Å². The molecule has 3 rings (SSSR count). The first kappa shape index (κ1) is 18.4. The van der Waals surface area contributed by atoms with Crippen LogP contribution >= 0.6 is 27.3 Å². The van der Waals surface area contributed by atoms with E-state index in [1.165, 1.54) is 0 Å². The van der Waals surface area contributed by atoms with Crippen LogP contribution in [-0.2, 0) is 0 Å². The number of anilines is 1. The number of nitrogens with one attached hydrogen (secondary N) is 1. The van der Waals surface area contributed by atoms with Gasteiger partial charge in [-0.1, -0.05) is 0 Å². The first-order valence-corrected chi connectivity index (χ1v) is 9.61. The molecule has 5 nitrogen and oxygen atoms in total. The Labute approximate surface area is 164 Å². The molecule has 0 atom stereocenters. The quantitative estimate of drug-likeness (QED) is 0.578. The van der Waals surface area contributed by atoms with Crippen molar-refractivity contribution >= 4 is 38.9 Å². The summed E-state index contributed by atoms with van der Waals surface area (Å²) in [7, 11) is 1.56. The van der Waals surface area contributed by atoms with Crippen molar-refractivity contribution in [2.24, 2.45) is 0 Å². The standard InChI is InChI=1S/C19H17BrN2O3S/c1-3-25-16-11-13(10-15(20)17(16)24-2)18(23)22-14-6-4-12(5-7-14)19-21-8-9-26-19/h4-11H,3H2,1-2H3,(H,22,23). The van der Waals surface area contributed by atoms with Crippen molar-refractivity contribution in [2.45, 2.75) is 6.92 Å². The number of carbonyl (C=O) groups excluding carboxylic acids is 1. The highest BCUT2D eigenvalue weighted by Gasteiger charge is 2.15. The number of amides is 1. The molecule has 3 aromatic rings. The number of hydrogen-bond acceptors (Lipinski definition) is 5. The minimum Gasteiger partial charge on any atom is -0.492 e. The Balaban J connectivity index is 1.79. The lowest BCUT2D eigenvalue weighted by molar-refractivity contribution is 0.102. The lowest BCUT2D eigenvalue weighted by Gasteiger charge is -2.13. The number of thiazole rings is 1. The summed E-state index contributed by atoms with van der Waals surface area (Å²) in [6, 6.07) is 11.0. The van der Waals surface area contributed by atoms with E-state index in [9.17, 15) is 4.79 Å². The molecule has 1 N–H and O–H groups in total. The van der Waals surface area contributed by atoms with Gasteiger partial charge in [0.2, 0.25) is 0 Å². The van der Waals surface area contributed by atoms with Gasteiger partial charge in [0.05, 0.1) is 18.2 Å². The molecule has 0 bridgehead atoms. The number of nitrogens with zero attached hydrogens (tertiary/aromatic N) is 1. The van der Waals surface area contributed by atoms with Gasteiger partial charge in [-0.15, -0.1) is 11.3 Å². The summed E-state index contributed by atoms with van der Waals surface area (Å²) in [4.78, 5) is 16.9. The first-order valence-electron chi connectivity index (χ1n) is 7.94. The maximum Gasteiger partial charge on any atom is 0.255 e. The van der Waals surface area contributed by atoms with Gasteiger partial charge in [-0.05, 0) is 59.3 Å². The van der Waals surface area contributed by atoms with E-state index in [0.717, 1.165) is 10.6 Å². The number of halogens is 1. The zero-order valence-electron chi connectivity index (χ0n) is 14.3. The maximum absolute atomic E-state index is 12.6. The molecule has 0 saturated heterocycles. The number of rotatable bonds is 6. The average Bonchev–Trinajstić information content (AvgIpc) is 3.17. The molecular weight excluding hydrogens is 416 g/mol. The van der Waals surface area contributed by atoms with Crippen LogP contribution in [0.3, 0.4) is 0 Å². The minimum absolute atomic E-state index is 0.226. The number of ether oxygens (including phenoxy) is 2. The van der Waals surface area contributed by atoms with Crippen LogP contribution in [0.1, 0.15) is 17.3 Å². The topological polar surface area (TPSA) is 60.5 Å². The van der Waals surface area contributed by atoms with Gasteiger partial charge in [0, 0.05) is 28.4 Å².